The van der Waals surface area contributed by atoms with Gasteiger partial charge in [-0.2, -0.15) is 0 Å². The molecule has 0 unspecified atom stereocenters. The van der Waals surface area contributed by atoms with Crippen molar-refractivity contribution in [2.75, 3.05) is 30.8 Å². The van der Waals surface area contributed by atoms with Gasteiger partial charge in [0.15, 0.2) is 0 Å². The minimum Gasteiger partial charge on any atom is -0.340 e. The molecule has 1 aliphatic rings. The molecule has 0 radical (unpaired) electrons. The monoisotopic (exact) mass is 462 g/mol. The maximum Gasteiger partial charge on any atom is 0.325 e. The van der Waals surface area contributed by atoms with Crippen LogP contribution >= 0.6 is 0 Å². The van der Waals surface area contributed by atoms with Gasteiger partial charge < -0.3 is 20.9 Å². The van der Waals surface area contributed by atoms with Gasteiger partial charge in [-0.3, -0.25) is 9.88 Å². The lowest BCUT2D eigenvalue weighted by atomic mass is 9.90. The van der Waals surface area contributed by atoms with Gasteiger partial charge in [-0.05, 0) is 49.4 Å². The highest BCUT2D eigenvalue weighted by atomic mass is 16.2. The second kappa shape index (κ2) is 10.3. The first-order valence-electron chi connectivity index (χ1n) is 11.5. The summed E-state index contributed by atoms with van der Waals surface area (Å²) >= 11 is 0. The Morgan fingerprint density at radius 2 is 1.85 bits per heavy atom. The minimum absolute atomic E-state index is 0.193. The zero-order chi connectivity index (χ0) is 24.1. The third-order valence-electron chi connectivity index (χ3n) is 6.09. The van der Waals surface area contributed by atoms with E-state index < -0.39 is 0 Å². The van der Waals surface area contributed by atoms with Crippen LogP contribution in [0, 0.1) is 11.3 Å². The van der Waals surface area contributed by atoms with Crippen molar-refractivity contribution in [2.24, 2.45) is 5.92 Å². The predicted octanol–water partition coefficient (Wildman–Crippen LogP) is 4.43. The fourth-order valence-corrected chi connectivity index (χ4v) is 4.25. The van der Waals surface area contributed by atoms with E-state index in [0.717, 1.165) is 48.0 Å². The molecule has 2 aromatic heterocycles. The number of amides is 3. The first-order valence-corrected chi connectivity index (χ1v) is 11.5. The zero-order valence-electron chi connectivity index (χ0n) is 19.5. The highest BCUT2D eigenvalue weighted by molar-refractivity contribution is 5.93. The van der Waals surface area contributed by atoms with Crippen LogP contribution in [0.3, 0.4) is 0 Å². The molecule has 0 atom stereocenters. The van der Waals surface area contributed by atoms with E-state index in [1.54, 1.807) is 28.8 Å². The van der Waals surface area contributed by atoms with Crippen molar-refractivity contribution in [3.63, 3.8) is 0 Å². The van der Waals surface area contributed by atoms with E-state index in [-0.39, 0.29) is 18.0 Å². The molecule has 1 saturated heterocycles. The van der Waals surface area contributed by atoms with Crippen molar-refractivity contribution < 1.29 is 9.59 Å². The highest BCUT2D eigenvalue weighted by Gasteiger charge is 2.25. The number of urea groups is 1. The third kappa shape index (κ3) is 5.16. The van der Waals surface area contributed by atoms with Crippen LogP contribution in [0.15, 0.2) is 42.9 Å². The van der Waals surface area contributed by atoms with Crippen molar-refractivity contribution in [3.8, 4) is 0 Å². The van der Waals surface area contributed by atoms with Gasteiger partial charge in [-0.1, -0.05) is 13.3 Å². The van der Waals surface area contributed by atoms with Gasteiger partial charge in [0.1, 0.15) is 18.0 Å². The van der Waals surface area contributed by atoms with Crippen LogP contribution in [-0.4, -0.2) is 57.3 Å². The molecular weight excluding hydrogens is 432 g/mol. The van der Waals surface area contributed by atoms with Crippen LogP contribution in [0.1, 0.15) is 32.6 Å². The molecule has 3 heterocycles. The maximum atomic E-state index is 12.7. The van der Waals surface area contributed by atoms with Crippen molar-refractivity contribution in [1.29, 1.82) is 5.41 Å². The summed E-state index contributed by atoms with van der Waals surface area (Å²) in [6.07, 6.45) is 6.60. The number of rotatable bonds is 6. The third-order valence-corrected chi connectivity index (χ3v) is 6.09. The molecule has 10 heteroatoms. The molecule has 0 saturated carbocycles. The van der Waals surface area contributed by atoms with Crippen LogP contribution in [0.25, 0.3) is 10.9 Å². The van der Waals surface area contributed by atoms with Crippen molar-refractivity contribution >= 4 is 46.0 Å². The Kier molecular flexibility index (Phi) is 7.05. The fraction of sp³-hybridized carbons (Fsp3) is 0.375. The van der Waals surface area contributed by atoms with E-state index in [1.807, 2.05) is 24.3 Å². The summed E-state index contributed by atoms with van der Waals surface area (Å²) < 4.78 is 1.55. The summed E-state index contributed by atoms with van der Waals surface area (Å²) in [5.41, 5.74) is 2.40. The average molecular weight is 463 g/mol. The van der Waals surface area contributed by atoms with Gasteiger partial charge in [0.2, 0.25) is 0 Å². The molecular formula is C24H30N8O2. The molecule has 1 fully saturated rings. The number of aromatic nitrogens is 3. The number of benzene rings is 1. The van der Waals surface area contributed by atoms with Gasteiger partial charge in [-0.15, -0.1) is 0 Å². The summed E-state index contributed by atoms with van der Waals surface area (Å²) in [6, 6.07) is 8.81. The topological polar surface area (TPSA) is 128 Å². The number of carbonyl (C=O) groups excluding carboxylic acids is 2. The Balaban J connectivity index is 1.37. The lowest BCUT2D eigenvalue weighted by Crippen LogP contribution is -2.42. The Morgan fingerprint density at radius 3 is 2.59 bits per heavy atom. The number of nitrogens with one attached hydrogen (secondary N) is 4. The molecule has 10 nitrogen and oxygen atoms in total. The number of hydrogen-bond donors (Lipinski definition) is 4. The van der Waals surface area contributed by atoms with Crippen LogP contribution in [0.2, 0.25) is 0 Å². The molecule has 178 valence electrons. The van der Waals surface area contributed by atoms with Gasteiger partial charge >= 0.3 is 12.1 Å². The van der Waals surface area contributed by atoms with Crippen LogP contribution in [0.4, 0.5) is 26.9 Å². The summed E-state index contributed by atoms with van der Waals surface area (Å²) in [7, 11) is 1.59. The number of fused-ring (bicyclic) bond motifs is 1. The predicted molar refractivity (Wildman–Crippen MR) is 133 cm³/mol. The Labute approximate surface area is 198 Å². The van der Waals surface area contributed by atoms with E-state index in [0.29, 0.717) is 24.7 Å². The number of anilines is 3. The fourth-order valence-electron chi connectivity index (χ4n) is 4.25. The summed E-state index contributed by atoms with van der Waals surface area (Å²) in [4.78, 5) is 34.9. The first kappa shape index (κ1) is 23.2. The zero-order valence-corrected chi connectivity index (χ0v) is 19.5. The van der Waals surface area contributed by atoms with E-state index in [4.69, 9.17) is 5.41 Å². The summed E-state index contributed by atoms with van der Waals surface area (Å²) in [5, 5.41) is 17.8. The van der Waals surface area contributed by atoms with Crippen LogP contribution in [0.5, 0.6) is 0 Å². The molecule has 3 amide bonds. The quantitative estimate of drug-likeness (QED) is 0.403. The van der Waals surface area contributed by atoms with E-state index in [9.17, 15) is 9.59 Å². The number of carbonyl (C=O) groups is 2. The summed E-state index contributed by atoms with van der Waals surface area (Å²) in [5.74, 6) is 1.24. The van der Waals surface area contributed by atoms with Crippen molar-refractivity contribution in [3.05, 3.63) is 42.9 Å². The van der Waals surface area contributed by atoms with E-state index in [1.165, 1.54) is 6.33 Å². The number of nitrogens with zero attached hydrogens (tertiary/aromatic N) is 4. The molecule has 0 spiro atoms. The molecule has 0 bridgehead atoms. The molecule has 4 rings (SSSR count). The average Bonchev–Trinajstić information content (AvgIpc) is 3.27. The van der Waals surface area contributed by atoms with Gasteiger partial charge in [0.05, 0.1) is 5.52 Å². The standard InChI is InChI=1S/C24H30N8O2/c1-3-4-19(25)16-7-10-31(11-8-16)24(34)30-22-14-21(27-15-28-22)29-18-5-6-20-17(13-18)9-12-32(20)23(33)26-2/h5-6,9,12-16,25H,3-4,7-8,10-11H2,1-2H3,(H,26,33)(H2,27,28,29,30,34). The second-order valence-electron chi connectivity index (χ2n) is 8.39. The highest BCUT2D eigenvalue weighted by Crippen LogP contribution is 2.24. The molecule has 4 N–H and O–H groups in total. The smallest absolute Gasteiger partial charge is 0.325 e. The van der Waals surface area contributed by atoms with Crippen LogP contribution in [-0.2, 0) is 0 Å². The lowest BCUT2D eigenvalue weighted by molar-refractivity contribution is 0.193. The van der Waals surface area contributed by atoms with Gasteiger partial charge in [-0.25, -0.2) is 19.6 Å². The largest absolute Gasteiger partial charge is 0.340 e. The van der Waals surface area contributed by atoms with E-state index in [2.05, 4.69) is 32.8 Å². The molecule has 1 aliphatic heterocycles. The lowest BCUT2D eigenvalue weighted by Gasteiger charge is -2.32. The number of likely N-dealkylation sites (tertiary alicyclic amines) is 1. The number of hydrogen-bond acceptors (Lipinski definition) is 6. The van der Waals surface area contributed by atoms with Crippen molar-refractivity contribution in [1.82, 2.24) is 24.8 Å². The molecule has 3 aromatic rings. The van der Waals surface area contributed by atoms with Crippen LogP contribution < -0.4 is 16.0 Å². The second-order valence-corrected chi connectivity index (χ2v) is 8.39. The first-order chi connectivity index (χ1) is 16.5. The Hall–Kier alpha value is -3.95. The van der Waals surface area contributed by atoms with Crippen molar-refractivity contribution in [2.45, 2.75) is 32.6 Å². The molecule has 34 heavy (non-hydrogen) atoms. The minimum atomic E-state index is -0.199. The molecule has 1 aromatic carbocycles. The SMILES string of the molecule is CCCC(=N)C1CCN(C(=O)Nc2cc(Nc3ccc4c(ccn4C(=O)NC)c3)ncn2)CC1. The molecule has 0 aliphatic carbocycles. The summed E-state index contributed by atoms with van der Waals surface area (Å²) in [6.45, 7) is 3.35. The maximum absolute atomic E-state index is 12.7. The number of piperidine rings is 1. The normalized spacial score (nSPS) is 14.1. The van der Waals surface area contributed by atoms with Gasteiger partial charge in [0, 0.05) is 49.2 Å². The Bertz CT molecular complexity index is 1200. The van der Waals surface area contributed by atoms with Gasteiger partial charge in [0.25, 0.3) is 0 Å². The van der Waals surface area contributed by atoms with E-state index >= 15 is 0 Å². The Morgan fingerprint density at radius 1 is 1.09 bits per heavy atom.